The van der Waals surface area contributed by atoms with E-state index >= 15 is 0 Å². The van der Waals surface area contributed by atoms with Crippen LogP contribution in [-0.4, -0.2) is 62.1 Å². The van der Waals surface area contributed by atoms with Crippen LogP contribution in [0.25, 0.3) is 0 Å². The minimum atomic E-state index is -0.267. The molecule has 0 saturated carbocycles. The number of nitrogens with zero attached hydrogens (tertiary/aromatic N) is 2. The largest absolute Gasteiger partial charge is 0.484 e. The summed E-state index contributed by atoms with van der Waals surface area (Å²) in [5.41, 5.74) is 1.82. The highest BCUT2D eigenvalue weighted by molar-refractivity contribution is 5.89. The molecule has 0 spiro atoms. The quantitative estimate of drug-likeness (QED) is 0.701. The summed E-state index contributed by atoms with van der Waals surface area (Å²) in [5.74, 6) is 0.405. The molecule has 3 rings (SSSR count). The van der Waals surface area contributed by atoms with E-state index < -0.39 is 0 Å². The Kier molecular flexibility index (Phi) is 7.68. The molecule has 0 bridgehead atoms. The lowest BCUT2D eigenvalue weighted by Gasteiger charge is -2.28. The van der Waals surface area contributed by atoms with Gasteiger partial charge in [-0.1, -0.05) is 36.4 Å². The number of hydrogen-bond acceptors (Lipinski definition) is 4. The molecule has 1 saturated heterocycles. The molecule has 0 aliphatic carbocycles. The van der Waals surface area contributed by atoms with Crippen molar-refractivity contribution in [1.29, 1.82) is 0 Å². The molecule has 2 aromatic rings. The number of likely N-dealkylation sites (tertiary alicyclic amines) is 1. The molecule has 1 atom stereocenters. The number of likely N-dealkylation sites (N-methyl/N-ethyl adjacent to an activating group) is 1. The van der Waals surface area contributed by atoms with Gasteiger partial charge >= 0.3 is 6.03 Å². The fourth-order valence-electron chi connectivity index (χ4n) is 3.49. The summed E-state index contributed by atoms with van der Waals surface area (Å²) in [7, 11) is 3.36. The van der Waals surface area contributed by atoms with Gasteiger partial charge in [-0.05, 0) is 43.6 Å². The molecular weight excluding hydrogens is 380 g/mol. The van der Waals surface area contributed by atoms with Crippen LogP contribution in [-0.2, 0) is 4.79 Å². The fourth-order valence-corrected chi connectivity index (χ4v) is 3.49. The van der Waals surface area contributed by atoms with Gasteiger partial charge in [-0.2, -0.15) is 0 Å². The minimum absolute atomic E-state index is 0.0444. The molecule has 0 aromatic heterocycles. The van der Waals surface area contributed by atoms with Gasteiger partial charge in [-0.15, -0.1) is 0 Å². The maximum atomic E-state index is 12.5. The Bertz CT molecular complexity index is 835. The first-order valence-corrected chi connectivity index (χ1v) is 10.3. The van der Waals surface area contributed by atoms with E-state index in [0.29, 0.717) is 18.0 Å². The Balaban J connectivity index is 1.55. The van der Waals surface area contributed by atoms with E-state index in [0.717, 1.165) is 13.1 Å². The monoisotopic (exact) mass is 410 g/mol. The number of nitrogens with one attached hydrogen (secondary N) is 2. The van der Waals surface area contributed by atoms with Crippen LogP contribution in [0, 0.1) is 0 Å². The Morgan fingerprint density at radius 3 is 2.50 bits per heavy atom. The third kappa shape index (κ3) is 6.22. The summed E-state index contributed by atoms with van der Waals surface area (Å²) >= 11 is 0. The minimum Gasteiger partial charge on any atom is -0.484 e. The molecule has 1 fully saturated rings. The standard InChI is InChI=1S/C23H30N4O3/c1-26(2)22(28)17-30-20-12-8-11-19(15-20)25-23(29)24-16-21(27-13-6-7-14-27)18-9-4-3-5-10-18/h3-5,8-12,15,21H,6-7,13-14,16-17H2,1-2H3,(H2,24,25,29). The van der Waals surface area contributed by atoms with E-state index in [9.17, 15) is 9.59 Å². The first-order chi connectivity index (χ1) is 14.5. The molecule has 0 radical (unpaired) electrons. The van der Waals surface area contributed by atoms with Crippen LogP contribution in [0.4, 0.5) is 10.5 Å². The van der Waals surface area contributed by atoms with Crippen LogP contribution in [0.15, 0.2) is 54.6 Å². The highest BCUT2D eigenvalue weighted by Gasteiger charge is 2.23. The number of benzene rings is 2. The Labute approximate surface area is 178 Å². The predicted molar refractivity (Wildman–Crippen MR) is 118 cm³/mol. The van der Waals surface area contributed by atoms with Crippen molar-refractivity contribution in [3.8, 4) is 5.75 Å². The van der Waals surface area contributed by atoms with Crippen molar-refractivity contribution in [3.05, 3.63) is 60.2 Å². The Morgan fingerprint density at radius 1 is 1.07 bits per heavy atom. The number of anilines is 1. The highest BCUT2D eigenvalue weighted by Crippen LogP contribution is 2.24. The number of ether oxygens (including phenoxy) is 1. The van der Waals surface area contributed by atoms with Gasteiger partial charge in [0.2, 0.25) is 0 Å². The van der Waals surface area contributed by atoms with Crippen molar-refractivity contribution < 1.29 is 14.3 Å². The normalized spacial score (nSPS) is 14.7. The summed E-state index contributed by atoms with van der Waals surface area (Å²) in [4.78, 5) is 28.1. The molecule has 1 unspecified atom stereocenters. The van der Waals surface area contributed by atoms with E-state index in [2.05, 4.69) is 27.7 Å². The third-order valence-electron chi connectivity index (χ3n) is 5.17. The van der Waals surface area contributed by atoms with Crippen LogP contribution in [0.3, 0.4) is 0 Å². The maximum Gasteiger partial charge on any atom is 0.319 e. The summed E-state index contributed by atoms with van der Waals surface area (Å²) in [5, 5.41) is 5.84. The lowest BCUT2D eigenvalue weighted by molar-refractivity contribution is -0.130. The topological polar surface area (TPSA) is 73.9 Å². The summed E-state index contributed by atoms with van der Waals surface area (Å²) in [6.45, 7) is 2.59. The van der Waals surface area contributed by atoms with Gasteiger partial charge in [0.05, 0.1) is 6.04 Å². The van der Waals surface area contributed by atoms with Gasteiger partial charge in [0.25, 0.3) is 5.91 Å². The van der Waals surface area contributed by atoms with Crippen molar-refractivity contribution in [2.24, 2.45) is 0 Å². The Hall–Kier alpha value is -3.06. The predicted octanol–water partition coefficient (Wildman–Crippen LogP) is 3.11. The molecule has 7 nitrogen and oxygen atoms in total. The van der Waals surface area contributed by atoms with Gasteiger partial charge in [0, 0.05) is 32.4 Å². The van der Waals surface area contributed by atoms with Gasteiger partial charge in [0.1, 0.15) is 5.75 Å². The molecule has 2 N–H and O–H groups in total. The van der Waals surface area contributed by atoms with Crippen molar-refractivity contribution in [2.45, 2.75) is 18.9 Å². The number of rotatable bonds is 8. The number of amides is 3. The fraction of sp³-hybridized carbons (Fsp3) is 0.391. The van der Waals surface area contributed by atoms with Crippen molar-refractivity contribution in [1.82, 2.24) is 15.1 Å². The number of urea groups is 1. The average molecular weight is 411 g/mol. The number of hydrogen-bond donors (Lipinski definition) is 2. The molecule has 7 heteroatoms. The van der Waals surface area contributed by atoms with E-state index in [1.807, 2.05) is 18.2 Å². The van der Waals surface area contributed by atoms with Crippen LogP contribution < -0.4 is 15.4 Å². The SMILES string of the molecule is CN(C)C(=O)COc1cccc(NC(=O)NCC(c2ccccc2)N2CCCC2)c1. The van der Waals surface area contributed by atoms with Gasteiger partial charge in [0.15, 0.2) is 6.61 Å². The first kappa shape index (κ1) is 21.6. The van der Waals surface area contributed by atoms with E-state index in [4.69, 9.17) is 4.74 Å². The lowest BCUT2D eigenvalue weighted by atomic mass is 10.1. The van der Waals surface area contributed by atoms with E-state index in [1.54, 1.807) is 38.4 Å². The Morgan fingerprint density at radius 2 is 1.80 bits per heavy atom. The molecule has 2 aromatic carbocycles. The van der Waals surface area contributed by atoms with Crippen molar-refractivity contribution in [3.63, 3.8) is 0 Å². The second-order valence-corrected chi connectivity index (χ2v) is 7.61. The average Bonchev–Trinajstić information content (AvgIpc) is 3.27. The molecule has 1 aliphatic rings. The molecule has 1 aliphatic heterocycles. The van der Waals surface area contributed by atoms with Crippen LogP contribution in [0.1, 0.15) is 24.4 Å². The second kappa shape index (κ2) is 10.6. The second-order valence-electron chi connectivity index (χ2n) is 7.61. The maximum absolute atomic E-state index is 12.5. The third-order valence-corrected chi connectivity index (χ3v) is 5.17. The van der Waals surface area contributed by atoms with Crippen LogP contribution >= 0.6 is 0 Å². The molecule has 160 valence electrons. The summed E-state index contributed by atoms with van der Waals surface area (Å²) < 4.78 is 5.51. The van der Waals surface area contributed by atoms with Gasteiger partial charge in [-0.3, -0.25) is 9.69 Å². The van der Waals surface area contributed by atoms with Crippen LogP contribution in [0.2, 0.25) is 0 Å². The number of carbonyl (C=O) groups excluding carboxylic acids is 2. The number of carbonyl (C=O) groups is 2. The zero-order valence-electron chi connectivity index (χ0n) is 17.6. The smallest absolute Gasteiger partial charge is 0.319 e. The first-order valence-electron chi connectivity index (χ1n) is 10.3. The molecule has 30 heavy (non-hydrogen) atoms. The lowest BCUT2D eigenvalue weighted by Crippen LogP contribution is -2.38. The summed E-state index contributed by atoms with van der Waals surface area (Å²) in [6, 6.07) is 17.2. The van der Waals surface area contributed by atoms with Crippen molar-refractivity contribution >= 4 is 17.6 Å². The molecule has 3 amide bonds. The molecule has 1 heterocycles. The van der Waals surface area contributed by atoms with Gasteiger partial charge in [-0.25, -0.2) is 4.79 Å². The van der Waals surface area contributed by atoms with Gasteiger partial charge < -0.3 is 20.3 Å². The summed E-state index contributed by atoms with van der Waals surface area (Å²) in [6.07, 6.45) is 2.39. The highest BCUT2D eigenvalue weighted by atomic mass is 16.5. The van der Waals surface area contributed by atoms with Crippen molar-refractivity contribution in [2.75, 3.05) is 45.7 Å². The zero-order chi connectivity index (χ0) is 21.3. The van der Waals surface area contributed by atoms with Crippen LogP contribution in [0.5, 0.6) is 5.75 Å². The van der Waals surface area contributed by atoms with E-state index in [1.165, 1.54) is 23.3 Å². The molecular formula is C23H30N4O3. The zero-order valence-corrected chi connectivity index (χ0v) is 17.6. The van der Waals surface area contributed by atoms with E-state index in [-0.39, 0.29) is 24.6 Å².